The second kappa shape index (κ2) is 5.86. The van der Waals surface area contributed by atoms with Crippen LogP contribution in [-0.2, 0) is 12.8 Å². The van der Waals surface area contributed by atoms with Crippen LogP contribution in [0.15, 0.2) is 48.7 Å². The molecule has 24 heavy (non-hydrogen) atoms. The van der Waals surface area contributed by atoms with Gasteiger partial charge in [0.1, 0.15) is 17.5 Å². The number of hydrogen-bond donors (Lipinski definition) is 2. The maximum Gasteiger partial charge on any atom is 0.142 e. The third-order valence-electron chi connectivity index (χ3n) is 4.84. The fourth-order valence-electron chi connectivity index (χ4n) is 3.68. The summed E-state index contributed by atoms with van der Waals surface area (Å²) >= 11 is 0. The van der Waals surface area contributed by atoms with Crippen LogP contribution in [0.25, 0.3) is 11.3 Å². The largest absolute Gasteiger partial charge is 0.383 e. The average molecular weight is 314 g/mol. The maximum absolute atomic E-state index is 9.60. The summed E-state index contributed by atoms with van der Waals surface area (Å²) in [7, 11) is 0. The molecular formula is C20H18N4. The third kappa shape index (κ3) is 2.35. The average Bonchev–Trinajstić information content (AvgIpc) is 3.15. The van der Waals surface area contributed by atoms with Crippen LogP contribution in [0.3, 0.4) is 0 Å². The molecule has 2 aromatic heterocycles. The van der Waals surface area contributed by atoms with Crippen molar-refractivity contribution in [3.8, 4) is 17.3 Å². The van der Waals surface area contributed by atoms with E-state index < -0.39 is 0 Å². The lowest BCUT2D eigenvalue weighted by atomic mass is 9.79. The van der Waals surface area contributed by atoms with Crippen molar-refractivity contribution in [2.75, 3.05) is 5.73 Å². The Balaban J connectivity index is 1.86. The number of fused-ring (bicyclic) bond motifs is 1. The topological polar surface area (TPSA) is 78.5 Å². The van der Waals surface area contributed by atoms with Crippen LogP contribution in [-0.4, -0.2) is 9.97 Å². The Labute approximate surface area is 141 Å². The normalized spacial score (nSPS) is 16.4. The number of nitriles is 1. The van der Waals surface area contributed by atoms with E-state index in [0.29, 0.717) is 17.3 Å². The molecule has 1 aliphatic rings. The summed E-state index contributed by atoms with van der Waals surface area (Å²) in [5.41, 5.74) is 11.9. The third-order valence-corrected chi connectivity index (χ3v) is 4.84. The second-order valence-corrected chi connectivity index (χ2v) is 6.22. The predicted molar refractivity (Wildman–Crippen MR) is 94.4 cm³/mol. The van der Waals surface area contributed by atoms with E-state index in [-0.39, 0.29) is 0 Å². The Bertz CT molecular complexity index is 905. The molecule has 1 aromatic carbocycles. The Hall–Kier alpha value is -3.06. The first-order valence-corrected chi connectivity index (χ1v) is 8.18. The van der Waals surface area contributed by atoms with Gasteiger partial charge in [-0.3, -0.25) is 0 Å². The molecule has 3 N–H and O–H groups in total. The Morgan fingerprint density at radius 2 is 2.00 bits per heavy atom. The summed E-state index contributed by atoms with van der Waals surface area (Å²) in [6, 6.07) is 16.7. The number of H-pyrrole nitrogens is 1. The van der Waals surface area contributed by atoms with Gasteiger partial charge in [0.05, 0.1) is 0 Å². The molecule has 0 saturated heterocycles. The number of benzene rings is 1. The van der Waals surface area contributed by atoms with Gasteiger partial charge in [-0.1, -0.05) is 30.3 Å². The highest BCUT2D eigenvalue weighted by Crippen LogP contribution is 2.39. The van der Waals surface area contributed by atoms with Gasteiger partial charge in [0.25, 0.3) is 0 Å². The molecule has 2 heterocycles. The summed E-state index contributed by atoms with van der Waals surface area (Å²) in [4.78, 5) is 7.75. The fourth-order valence-corrected chi connectivity index (χ4v) is 3.68. The molecule has 0 spiro atoms. The van der Waals surface area contributed by atoms with E-state index in [2.05, 4.69) is 40.3 Å². The SMILES string of the molecule is N#Cc1c(N)nc2c(c1-c1ccc[nH]1)CC(c1ccccc1)CC2. The standard InChI is InChI=1S/C20H18N4/c21-12-16-19(18-7-4-10-23-18)15-11-14(13-5-2-1-3-6-13)8-9-17(15)24-20(16)22/h1-7,10,14,23H,8-9,11H2,(H2,22,24). The number of nitrogens with one attached hydrogen (secondary N) is 1. The van der Waals surface area contributed by atoms with E-state index in [0.717, 1.165) is 41.8 Å². The minimum Gasteiger partial charge on any atom is -0.383 e. The van der Waals surface area contributed by atoms with Crippen molar-refractivity contribution in [1.82, 2.24) is 9.97 Å². The van der Waals surface area contributed by atoms with Crippen LogP contribution >= 0.6 is 0 Å². The van der Waals surface area contributed by atoms with E-state index in [1.54, 1.807) is 0 Å². The molecule has 0 fully saturated rings. The Morgan fingerprint density at radius 1 is 1.17 bits per heavy atom. The van der Waals surface area contributed by atoms with Crippen LogP contribution in [0, 0.1) is 11.3 Å². The molecule has 118 valence electrons. The number of aromatic nitrogens is 2. The minimum absolute atomic E-state index is 0.332. The van der Waals surface area contributed by atoms with Gasteiger partial charge in [-0.05, 0) is 48.4 Å². The molecule has 0 bridgehead atoms. The first-order valence-electron chi connectivity index (χ1n) is 8.18. The molecule has 4 heteroatoms. The lowest BCUT2D eigenvalue weighted by Gasteiger charge is -2.27. The molecule has 3 aromatic rings. The van der Waals surface area contributed by atoms with Gasteiger partial charge in [-0.25, -0.2) is 4.98 Å². The minimum atomic E-state index is 0.332. The van der Waals surface area contributed by atoms with E-state index in [9.17, 15) is 5.26 Å². The monoisotopic (exact) mass is 314 g/mol. The quantitative estimate of drug-likeness (QED) is 0.755. The van der Waals surface area contributed by atoms with Gasteiger partial charge in [-0.2, -0.15) is 5.26 Å². The van der Waals surface area contributed by atoms with Crippen molar-refractivity contribution >= 4 is 5.82 Å². The summed E-state index contributed by atoms with van der Waals surface area (Å²) in [6.45, 7) is 0. The van der Waals surface area contributed by atoms with E-state index >= 15 is 0 Å². The Morgan fingerprint density at radius 3 is 2.71 bits per heavy atom. The van der Waals surface area contributed by atoms with Crippen LogP contribution < -0.4 is 5.73 Å². The molecule has 0 saturated carbocycles. The lowest BCUT2D eigenvalue weighted by molar-refractivity contribution is 0.575. The number of aryl methyl sites for hydroxylation is 1. The number of nitrogens with two attached hydrogens (primary N) is 1. The molecule has 0 aliphatic heterocycles. The van der Waals surface area contributed by atoms with Gasteiger partial charge >= 0.3 is 0 Å². The first kappa shape index (κ1) is 14.5. The second-order valence-electron chi connectivity index (χ2n) is 6.22. The first-order chi connectivity index (χ1) is 11.8. The molecule has 4 nitrogen and oxygen atoms in total. The molecule has 1 atom stereocenters. The molecule has 1 aliphatic carbocycles. The van der Waals surface area contributed by atoms with Crippen molar-refractivity contribution in [2.45, 2.75) is 25.2 Å². The summed E-state index contributed by atoms with van der Waals surface area (Å²) in [5, 5.41) is 9.60. The van der Waals surface area contributed by atoms with Crippen LogP contribution in [0.2, 0.25) is 0 Å². The molecule has 1 unspecified atom stereocenters. The lowest BCUT2D eigenvalue weighted by Crippen LogP contribution is -2.17. The number of rotatable bonds is 2. The zero-order valence-corrected chi connectivity index (χ0v) is 13.3. The van der Waals surface area contributed by atoms with Gasteiger partial charge in [0, 0.05) is 23.1 Å². The van der Waals surface area contributed by atoms with Crippen molar-refractivity contribution < 1.29 is 0 Å². The number of pyridine rings is 1. The van der Waals surface area contributed by atoms with Gasteiger partial charge < -0.3 is 10.7 Å². The summed E-state index contributed by atoms with van der Waals surface area (Å²) in [6.07, 6.45) is 4.70. The summed E-state index contributed by atoms with van der Waals surface area (Å²) < 4.78 is 0. The molecular weight excluding hydrogens is 296 g/mol. The Kier molecular flexibility index (Phi) is 3.55. The molecule has 4 rings (SSSR count). The van der Waals surface area contributed by atoms with E-state index in [1.807, 2.05) is 24.4 Å². The highest BCUT2D eigenvalue weighted by Gasteiger charge is 2.27. The van der Waals surface area contributed by atoms with E-state index in [4.69, 9.17) is 5.73 Å². The number of aromatic amines is 1. The predicted octanol–water partition coefficient (Wildman–Crippen LogP) is 3.80. The molecule has 0 radical (unpaired) electrons. The van der Waals surface area contributed by atoms with Crippen molar-refractivity contribution in [2.24, 2.45) is 0 Å². The van der Waals surface area contributed by atoms with Crippen molar-refractivity contribution in [3.63, 3.8) is 0 Å². The molecule has 0 amide bonds. The van der Waals surface area contributed by atoms with Gasteiger partial charge in [-0.15, -0.1) is 0 Å². The highest BCUT2D eigenvalue weighted by atomic mass is 14.9. The maximum atomic E-state index is 9.60. The van der Waals surface area contributed by atoms with Crippen molar-refractivity contribution in [3.05, 3.63) is 71.0 Å². The highest BCUT2D eigenvalue weighted by molar-refractivity contribution is 5.77. The summed E-state index contributed by atoms with van der Waals surface area (Å²) in [5.74, 6) is 0.781. The zero-order valence-electron chi connectivity index (χ0n) is 13.3. The van der Waals surface area contributed by atoms with Crippen LogP contribution in [0.5, 0.6) is 0 Å². The zero-order chi connectivity index (χ0) is 16.5. The number of nitrogen functional groups attached to an aromatic ring is 1. The van der Waals surface area contributed by atoms with E-state index in [1.165, 1.54) is 5.56 Å². The van der Waals surface area contributed by atoms with Crippen molar-refractivity contribution in [1.29, 1.82) is 5.26 Å². The number of anilines is 1. The van der Waals surface area contributed by atoms with Gasteiger partial charge in [0.15, 0.2) is 0 Å². The van der Waals surface area contributed by atoms with Crippen LogP contribution in [0.4, 0.5) is 5.82 Å². The fraction of sp³-hybridized carbons (Fsp3) is 0.200. The number of nitrogens with zero attached hydrogens (tertiary/aromatic N) is 2. The number of hydrogen-bond acceptors (Lipinski definition) is 3. The smallest absolute Gasteiger partial charge is 0.142 e. The van der Waals surface area contributed by atoms with Gasteiger partial charge in [0.2, 0.25) is 0 Å². The van der Waals surface area contributed by atoms with Crippen LogP contribution in [0.1, 0.15) is 34.7 Å².